The monoisotopic (exact) mass is 502 g/mol. The molecule has 0 saturated carbocycles. The Balaban J connectivity index is 1.38. The summed E-state index contributed by atoms with van der Waals surface area (Å²) in [5.41, 5.74) is 0.918. The molecule has 0 amide bonds. The third-order valence-electron chi connectivity index (χ3n) is 5.64. The van der Waals surface area contributed by atoms with E-state index in [2.05, 4.69) is 16.9 Å². The van der Waals surface area contributed by atoms with Crippen LogP contribution in [0.2, 0.25) is 0 Å². The summed E-state index contributed by atoms with van der Waals surface area (Å²) in [6, 6.07) is 21.1. The number of carbonyl (C=O) groups is 1. The van der Waals surface area contributed by atoms with Gasteiger partial charge in [0.15, 0.2) is 5.82 Å². The highest BCUT2D eigenvalue weighted by atomic mass is 32.1. The van der Waals surface area contributed by atoms with Crippen molar-refractivity contribution in [3.63, 3.8) is 0 Å². The molecule has 36 heavy (non-hydrogen) atoms. The van der Waals surface area contributed by atoms with Crippen LogP contribution in [-0.4, -0.2) is 28.1 Å². The summed E-state index contributed by atoms with van der Waals surface area (Å²) >= 11 is 1.62. The minimum atomic E-state index is -1.15. The lowest BCUT2D eigenvalue weighted by molar-refractivity contribution is -0.160. The summed E-state index contributed by atoms with van der Waals surface area (Å²) in [6.45, 7) is 6.38. The van der Waals surface area contributed by atoms with Crippen molar-refractivity contribution >= 4 is 17.3 Å². The predicted octanol–water partition coefficient (Wildman–Crippen LogP) is 6.29. The maximum atomic E-state index is 12.8. The second-order valence-corrected chi connectivity index (χ2v) is 9.68. The van der Waals surface area contributed by atoms with Gasteiger partial charge in [-0.2, -0.15) is 0 Å². The molecule has 2 aromatic heterocycles. The lowest BCUT2D eigenvalue weighted by Crippen LogP contribution is -2.45. The Labute approximate surface area is 215 Å². The van der Waals surface area contributed by atoms with Crippen LogP contribution in [0, 0.1) is 0 Å². The highest BCUT2D eigenvalue weighted by Crippen LogP contribution is 2.28. The number of aromatic nitrogens is 2. The molecule has 6 nitrogen and oxygen atoms in total. The zero-order valence-electron chi connectivity index (χ0n) is 20.8. The van der Waals surface area contributed by atoms with Gasteiger partial charge in [-0.25, -0.2) is 14.8 Å². The normalized spacial score (nSPS) is 12.5. The first kappa shape index (κ1) is 25.4. The Hall–Kier alpha value is -3.71. The summed E-state index contributed by atoms with van der Waals surface area (Å²) in [7, 11) is 0. The molecule has 0 fully saturated rings. The summed E-state index contributed by atoms with van der Waals surface area (Å²) < 4.78 is 17.4. The molecule has 0 aliphatic carbocycles. The number of ether oxygens (including phenoxy) is 3. The maximum Gasteiger partial charge on any atom is 0.350 e. The second-order valence-electron chi connectivity index (χ2n) is 8.51. The average Bonchev–Trinajstić information content (AvgIpc) is 3.38. The number of aryl methyl sites for hydroxylation is 1. The number of hydrogen-bond acceptors (Lipinski definition) is 7. The van der Waals surface area contributed by atoms with E-state index in [1.54, 1.807) is 25.2 Å². The van der Waals surface area contributed by atoms with Crippen LogP contribution < -0.4 is 9.47 Å². The average molecular weight is 503 g/mol. The molecule has 7 heteroatoms. The summed E-state index contributed by atoms with van der Waals surface area (Å²) in [6.07, 6.45) is 5.03. The molecule has 4 rings (SSSR count). The van der Waals surface area contributed by atoms with Crippen molar-refractivity contribution in [2.24, 2.45) is 0 Å². The van der Waals surface area contributed by atoms with Crippen molar-refractivity contribution in [1.82, 2.24) is 9.97 Å². The first-order valence-electron chi connectivity index (χ1n) is 12.0. The third-order valence-corrected chi connectivity index (χ3v) is 6.69. The predicted molar refractivity (Wildman–Crippen MR) is 141 cm³/mol. The first-order chi connectivity index (χ1) is 17.5. The van der Waals surface area contributed by atoms with Crippen molar-refractivity contribution < 1.29 is 19.0 Å². The van der Waals surface area contributed by atoms with Gasteiger partial charge in [-0.05, 0) is 67.8 Å². The zero-order chi connectivity index (χ0) is 25.4. The number of carbonyl (C=O) groups excluding carboxylic acids is 1. The highest BCUT2D eigenvalue weighted by molar-refractivity contribution is 7.15. The Bertz CT molecular complexity index is 1260. The van der Waals surface area contributed by atoms with Gasteiger partial charge in [-0.1, -0.05) is 37.3 Å². The van der Waals surface area contributed by atoms with Crippen LogP contribution >= 0.6 is 11.3 Å². The summed E-state index contributed by atoms with van der Waals surface area (Å²) in [5.74, 6) is 1.71. The smallest absolute Gasteiger partial charge is 0.350 e. The molecule has 186 valence electrons. The molecule has 0 aliphatic heterocycles. The third kappa shape index (κ3) is 6.49. The number of para-hydroxylation sites is 1. The first-order valence-corrected chi connectivity index (χ1v) is 12.8. The second kappa shape index (κ2) is 11.8. The standard InChI is InChI=1S/C29H30N2O4S/c1-4-21-18-30-27(31-19-21)26-16-15-25(36-26)20-34-23-13-11-22(12-14-23)17-29(3,28(32)33-5-2)35-24-9-7-6-8-10-24/h6-16,18-19H,4-5,17,20H2,1-3H3. The number of benzene rings is 2. The summed E-state index contributed by atoms with van der Waals surface area (Å²) in [5, 5.41) is 0. The van der Waals surface area contributed by atoms with Crippen LogP contribution in [0.1, 0.15) is 36.8 Å². The number of esters is 1. The molecule has 2 heterocycles. The van der Waals surface area contributed by atoms with Gasteiger partial charge in [0, 0.05) is 23.7 Å². The Kier molecular flexibility index (Phi) is 8.33. The topological polar surface area (TPSA) is 70.5 Å². The van der Waals surface area contributed by atoms with E-state index in [4.69, 9.17) is 14.2 Å². The fourth-order valence-electron chi connectivity index (χ4n) is 3.67. The quantitative estimate of drug-likeness (QED) is 0.225. The minimum Gasteiger partial charge on any atom is -0.488 e. The largest absolute Gasteiger partial charge is 0.488 e. The molecule has 0 spiro atoms. The van der Waals surface area contributed by atoms with Crippen LogP contribution in [0.15, 0.2) is 79.1 Å². The van der Waals surface area contributed by atoms with E-state index in [-0.39, 0.29) is 0 Å². The SMILES string of the molecule is CCOC(=O)C(C)(Cc1ccc(OCc2ccc(-c3ncc(CC)cn3)s2)cc1)Oc1ccccc1. The van der Waals surface area contributed by atoms with Gasteiger partial charge in [0.2, 0.25) is 5.60 Å². The molecule has 1 atom stereocenters. The highest BCUT2D eigenvalue weighted by Gasteiger charge is 2.37. The lowest BCUT2D eigenvalue weighted by atomic mass is 9.96. The maximum absolute atomic E-state index is 12.8. The molecule has 0 radical (unpaired) electrons. The van der Waals surface area contributed by atoms with Crippen LogP contribution in [0.3, 0.4) is 0 Å². The van der Waals surface area contributed by atoms with E-state index < -0.39 is 11.6 Å². The number of rotatable bonds is 11. The van der Waals surface area contributed by atoms with Gasteiger partial charge in [0.25, 0.3) is 0 Å². The van der Waals surface area contributed by atoms with Crippen molar-refractivity contribution in [3.8, 4) is 22.2 Å². The van der Waals surface area contributed by atoms with Crippen LogP contribution in [-0.2, 0) is 29.0 Å². The molecule has 2 aromatic carbocycles. The lowest BCUT2D eigenvalue weighted by Gasteiger charge is -2.28. The van der Waals surface area contributed by atoms with Gasteiger partial charge in [-0.3, -0.25) is 0 Å². The van der Waals surface area contributed by atoms with Crippen LogP contribution in [0.25, 0.3) is 10.7 Å². The van der Waals surface area contributed by atoms with Crippen LogP contribution in [0.5, 0.6) is 11.5 Å². The molecule has 0 aliphatic rings. The number of hydrogen-bond donors (Lipinski definition) is 0. The van der Waals surface area contributed by atoms with E-state index in [1.807, 2.05) is 79.1 Å². The molecule has 0 bridgehead atoms. The molecular weight excluding hydrogens is 472 g/mol. The van der Waals surface area contributed by atoms with Gasteiger partial charge in [0.1, 0.15) is 18.1 Å². The Morgan fingerprint density at radius 1 is 0.889 bits per heavy atom. The molecule has 0 saturated heterocycles. The van der Waals surface area contributed by atoms with Crippen molar-refractivity contribution in [3.05, 3.63) is 95.1 Å². The van der Waals surface area contributed by atoms with Crippen molar-refractivity contribution in [2.75, 3.05) is 6.61 Å². The van der Waals surface area contributed by atoms with Crippen molar-refractivity contribution in [2.45, 2.75) is 45.8 Å². The molecular formula is C29H30N2O4S. The van der Waals surface area contributed by atoms with Crippen molar-refractivity contribution in [1.29, 1.82) is 0 Å². The summed E-state index contributed by atoms with van der Waals surface area (Å²) in [4.78, 5) is 23.8. The number of nitrogens with zero attached hydrogens (tertiary/aromatic N) is 2. The number of thiophene rings is 1. The fourth-order valence-corrected chi connectivity index (χ4v) is 4.54. The molecule has 0 N–H and O–H groups in total. The van der Waals surface area contributed by atoms with E-state index in [1.165, 1.54) is 0 Å². The van der Waals surface area contributed by atoms with Gasteiger partial charge in [-0.15, -0.1) is 11.3 Å². The Morgan fingerprint density at radius 2 is 1.61 bits per heavy atom. The van der Waals surface area contributed by atoms with Gasteiger partial charge in [0.05, 0.1) is 11.5 Å². The molecule has 1 unspecified atom stereocenters. The van der Waals surface area contributed by atoms with E-state index >= 15 is 0 Å². The van der Waals surface area contributed by atoms with Crippen LogP contribution in [0.4, 0.5) is 0 Å². The fraction of sp³-hybridized carbons (Fsp3) is 0.276. The Morgan fingerprint density at radius 3 is 2.28 bits per heavy atom. The van der Waals surface area contributed by atoms with E-state index in [9.17, 15) is 4.79 Å². The van der Waals surface area contributed by atoms with Gasteiger partial charge >= 0.3 is 5.97 Å². The molecule has 4 aromatic rings. The van der Waals surface area contributed by atoms with E-state index in [0.717, 1.165) is 38.9 Å². The van der Waals surface area contributed by atoms with Gasteiger partial charge < -0.3 is 14.2 Å². The van der Waals surface area contributed by atoms with E-state index in [0.29, 0.717) is 25.4 Å². The minimum absolute atomic E-state index is 0.292. The zero-order valence-corrected chi connectivity index (χ0v) is 21.6.